The van der Waals surface area contributed by atoms with Crippen LogP contribution in [0, 0.1) is 0 Å². The Morgan fingerprint density at radius 1 is 1.00 bits per heavy atom. The molecule has 0 aromatic heterocycles. The van der Waals surface area contributed by atoms with E-state index in [0.717, 1.165) is 11.1 Å². The van der Waals surface area contributed by atoms with Gasteiger partial charge in [0, 0.05) is 11.1 Å². The van der Waals surface area contributed by atoms with Crippen molar-refractivity contribution >= 4 is 29.7 Å². The van der Waals surface area contributed by atoms with Gasteiger partial charge in [-0.3, -0.25) is 0 Å². The lowest BCUT2D eigenvalue weighted by Gasteiger charge is -1.98. The van der Waals surface area contributed by atoms with E-state index in [1.807, 2.05) is 60.7 Å². The fourth-order valence-corrected chi connectivity index (χ4v) is 1.89. The molecule has 2 nitrogen and oxygen atoms in total. The third-order valence-electron chi connectivity index (χ3n) is 2.74. The van der Waals surface area contributed by atoms with E-state index in [2.05, 4.69) is 0 Å². The maximum Gasteiger partial charge on any atom is 0.331 e. The molecule has 0 atom stereocenters. The summed E-state index contributed by atoms with van der Waals surface area (Å²) in [4.78, 5) is 11.5. The third kappa shape index (κ3) is 5.28. The van der Waals surface area contributed by atoms with Gasteiger partial charge < -0.3 is 4.74 Å². The Bertz CT molecular complexity index is 645. The second-order valence-electron chi connectivity index (χ2n) is 4.30. The molecule has 0 bridgehead atoms. The van der Waals surface area contributed by atoms with Crippen LogP contribution in [0.15, 0.2) is 66.7 Å². The van der Waals surface area contributed by atoms with E-state index in [1.54, 1.807) is 12.2 Å². The molecular weight excluding hydrogens is 284 g/mol. The molecule has 0 saturated carbocycles. The number of hydrogen-bond acceptors (Lipinski definition) is 2. The van der Waals surface area contributed by atoms with E-state index in [0.29, 0.717) is 5.02 Å². The first kappa shape index (κ1) is 15.1. The number of rotatable bonds is 5. The van der Waals surface area contributed by atoms with Crippen LogP contribution < -0.4 is 0 Å². The first-order valence-corrected chi connectivity index (χ1v) is 6.94. The number of ether oxygens (including phenoxy) is 1. The van der Waals surface area contributed by atoms with Crippen molar-refractivity contribution in [2.75, 3.05) is 6.61 Å². The Kier molecular flexibility index (Phi) is 5.80. The minimum absolute atomic E-state index is 0.211. The lowest BCUT2D eigenvalue weighted by Crippen LogP contribution is -1.99. The minimum Gasteiger partial charge on any atom is -0.458 e. The van der Waals surface area contributed by atoms with E-state index >= 15 is 0 Å². The topological polar surface area (TPSA) is 26.3 Å². The molecule has 0 saturated heterocycles. The lowest BCUT2D eigenvalue weighted by atomic mass is 10.2. The average molecular weight is 299 g/mol. The van der Waals surface area contributed by atoms with E-state index < -0.39 is 0 Å². The third-order valence-corrected chi connectivity index (χ3v) is 3.08. The summed E-state index contributed by atoms with van der Waals surface area (Å²) in [7, 11) is 0. The summed E-state index contributed by atoms with van der Waals surface area (Å²) in [5.74, 6) is -0.373. The van der Waals surface area contributed by atoms with E-state index in [1.165, 1.54) is 6.08 Å². The molecule has 21 heavy (non-hydrogen) atoms. The molecular formula is C18H15ClO2. The number of halogens is 1. The smallest absolute Gasteiger partial charge is 0.331 e. The lowest BCUT2D eigenvalue weighted by molar-refractivity contribution is -0.136. The SMILES string of the molecule is O=C(/C=C/c1ccccc1)OC/C=C/c1ccccc1Cl. The Hall–Kier alpha value is -2.32. The van der Waals surface area contributed by atoms with Gasteiger partial charge in [0.05, 0.1) is 0 Å². The predicted molar refractivity (Wildman–Crippen MR) is 86.9 cm³/mol. The highest BCUT2D eigenvalue weighted by molar-refractivity contribution is 6.32. The number of esters is 1. The van der Waals surface area contributed by atoms with Crippen LogP contribution in [0.1, 0.15) is 11.1 Å². The summed E-state index contributed by atoms with van der Waals surface area (Å²) in [5.41, 5.74) is 1.86. The van der Waals surface area contributed by atoms with Crippen LogP contribution in [0.25, 0.3) is 12.2 Å². The first-order valence-electron chi connectivity index (χ1n) is 6.56. The predicted octanol–water partition coefficient (Wildman–Crippen LogP) is 4.61. The first-order chi connectivity index (χ1) is 10.3. The summed E-state index contributed by atoms with van der Waals surface area (Å²) in [6.07, 6.45) is 6.73. The highest BCUT2D eigenvalue weighted by atomic mass is 35.5. The quantitative estimate of drug-likeness (QED) is 0.595. The second-order valence-corrected chi connectivity index (χ2v) is 4.71. The van der Waals surface area contributed by atoms with Gasteiger partial charge in [0.15, 0.2) is 0 Å². The maximum atomic E-state index is 11.5. The highest BCUT2D eigenvalue weighted by Gasteiger charge is 1.96. The Morgan fingerprint density at radius 2 is 1.71 bits per heavy atom. The average Bonchev–Trinajstić information content (AvgIpc) is 2.52. The van der Waals surface area contributed by atoms with Gasteiger partial charge in [-0.1, -0.05) is 66.2 Å². The monoisotopic (exact) mass is 298 g/mol. The van der Waals surface area contributed by atoms with Crippen LogP contribution in [0.2, 0.25) is 5.02 Å². The molecule has 0 aliphatic heterocycles. The van der Waals surface area contributed by atoms with Gasteiger partial charge in [0.25, 0.3) is 0 Å². The van der Waals surface area contributed by atoms with Gasteiger partial charge in [0.2, 0.25) is 0 Å². The fraction of sp³-hybridized carbons (Fsp3) is 0.0556. The van der Waals surface area contributed by atoms with Crippen LogP contribution in [0.5, 0.6) is 0 Å². The van der Waals surface area contributed by atoms with Crippen LogP contribution in [0.4, 0.5) is 0 Å². The summed E-state index contributed by atoms with van der Waals surface area (Å²) >= 11 is 6.01. The molecule has 0 spiro atoms. The molecule has 2 rings (SSSR count). The summed E-state index contributed by atoms with van der Waals surface area (Å²) < 4.78 is 5.07. The molecule has 0 unspecified atom stereocenters. The van der Waals surface area contributed by atoms with Gasteiger partial charge in [-0.05, 0) is 29.3 Å². The van der Waals surface area contributed by atoms with Gasteiger partial charge in [-0.15, -0.1) is 0 Å². The zero-order valence-corrected chi connectivity index (χ0v) is 12.2. The van der Waals surface area contributed by atoms with Crippen LogP contribution in [-0.2, 0) is 9.53 Å². The number of carbonyl (C=O) groups is 1. The molecule has 2 aromatic rings. The van der Waals surface area contributed by atoms with Crippen molar-refractivity contribution in [1.29, 1.82) is 0 Å². The molecule has 3 heteroatoms. The second kappa shape index (κ2) is 8.08. The molecule has 0 radical (unpaired) electrons. The maximum absolute atomic E-state index is 11.5. The number of carbonyl (C=O) groups excluding carboxylic acids is 1. The van der Waals surface area contributed by atoms with E-state index in [9.17, 15) is 4.79 Å². The van der Waals surface area contributed by atoms with Crippen molar-refractivity contribution in [2.24, 2.45) is 0 Å². The molecule has 2 aromatic carbocycles. The fourth-order valence-electron chi connectivity index (χ4n) is 1.69. The zero-order chi connectivity index (χ0) is 14.9. The zero-order valence-electron chi connectivity index (χ0n) is 11.4. The molecule has 0 heterocycles. The van der Waals surface area contributed by atoms with Gasteiger partial charge >= 0.3 is 5.97 Å². The molecule has 0 N–H and O–H groups in total. The van der Waals surface area contributed by atoms with Crippen molar-refractivity contribution in [1.82, 2.24) is 0 Å². The molecule has 106 valence electrons. The Balaban J connectivity index is 1.80. The van der Waals surface area contributed by atoms with Gasteiger partial charge in [0.1, 0.15) is 6.61 Å². The standard InChI is InChI=1S/C18H15ClO2/c19-17-11-5-4-9-16(17)10-6-14-21-18(20)13-12-15-7-2-1-3-8-15/h1-13H,14H2/b10-6+,13-12+. The molecule has 0 aliphatic carbocycles. The Labute approximate surface area is 129 Å². The van der Waals surface area contributed by atoms with Gasteiger partial charge in [-0.25, -0.2) is 4.79 Å². The van der Waals surface area contributed by atoms with Gasteiger partial charge in [-0.2, -0.15) is 0 Å². The van der Waals surface area contributed by atoms with E-state index in [-0.39, 0.29) is 12.6 Å². The normalized spacial score (nSPS) is 11.1. The van der Waals surface area contributed by atoms with Crippen molar-refractivity contribution in [2.45, 2.75) is 0 Å². The van der Waals surface area contributed by atoms with Crippen LogP contribution >= 0.6 is 11.6 Å². The van der Waals surface area contributed by atoms with E-state index in [4.69, 9.17) is 16.3 Å². The van der Waals surface area contributed by atoms with Crippen LogP contribution in [0.3, 0.4) is 0 Å². The highest BCUT2D eigenvalue weighted by Crippen LogP contribution is 2.16. The van der Waals surface area contributed by atoms with Crippen molar-refractivity contribution in [3.8, 4) is 0 Å². The largest absolute Gasteiger partial charge is 0.458 e. The molecule has 0 amide bonds. The van der Waals surface area contributed by atoms with Crippen molar-refractivity contribution < 1.29 is 9.53 Å². The van der Waals surface area contributed by atoms with Crippen LogP contribution in [-0.4, -0.2) is 12.6 Å². The van der Waals surface area contributed by atoms with Crippen molar-refractivity contribution in [3.63, 3.8) is 0 Å². The number of hydrogen-bond donors (Lipinski definition) is 0. The van der Waals surface area contributed by atoms with Crippen molar-refractivity contribution in [3.05, 3.63) is 82.9 Å². The Morgan fingerprint density at radius 3 is 2.48 bits per heavy atom. The molecule has 0 fully saturated rings. The summed E-state index contributed by atoms with van der Waals surface area (Å²) in [5, 5.41) is 0.670. The summed E-state index contributed by atoms with van der Waals surface area (Å²) in [6.45, 7) is 0.211. The summed E-state index contributed by atoms with van der Waals surface area (Å²) in [6, 6.07) is 17.1. The number of benzene rings is 2. The molecule has 0 aliphatic rings. The minimum atomic E-state index is -0.373.